The van der Waals surface area contributed by atoms with Crippen LogP contribution >= 0.6 is 11.3 Å². The number of nitrogens with one attached hydrogen (secondary N) is 1. The SMILES string of the molecule is CNCC(C)c1nccs1. The third kappa shape index (κ3) is 1.78. The zero-order valence-electron chi connectivity index (χ0n) is 6.29. The van der Waals surface area contributed by atoms with Crippen LogP contribution in [0.25, 0.3) is 0 Å². The first kappa shape index (κ1) is 7.69. The standard InChI is InChI=1S/C7H12N2S/c1-6(5-8-2)7-9-3-4-10-7/h3-4,6,8H,5H2,1-2H3. The molecule has 1 atom stereocenters. The van der Waals surface area contributed by atoms with Gasteiger partial charge in [0.2, 0.25) is 0 Å². The van der Waals surface area contributed by atoms with Gasteiger partial charge < -0.3 is 5.32 Å². The summed E-state index contributed by atoms with van der Waals surface area (Å²) in [4.78, 5) is 4.21. The van der Waals surface area contributed by atoms with E-state index in [1.807, 2.05) is 18.6 Å². The highest BCUT2D eigenvalue weighted by Crippen LogP contribution is 2.15. The minimum atomic E-state index is 0.546. The van der Waals surface area contributed by atoms with Gasteiger partial charge in [-0.05, 0) is 7.05 Å². The van der Waals surface area contributed by atoms with Crippen molar-refractivity contribution in [2.45, 2.75) is 12.8 Å². The topological polar surface area (TPSA) is 24.9 Å². The first-order valence-electron chi connectivity index (χ1n) is 3.38. The molecule has 0 aliphatic carbocycles. The monoisotopic (exact) mass is 156 g/mol. The van der Waals surface area contributed by atoms with Crippen LogP contribution in [-0.2, 0) is 0 Å². The molecule has 10 heavy (non-hydrogen) atoms. The van der Waals surface area contributed by atoms with Crippen LogP contribution in [0.4, 0.5) is 0 Å². The number of hydrogen-bond donors (Lipinski definition) is 1. The Bertz CT molecular complexity index is 172. The highest BCUT2D eigenvalue weighted by atomic mass is 32.1. The smallest absolute Gasteiger partial charge is 0.0965 e. The minimum absolute atomic E-state index is 0.546. The Morgan fingerprint density at radius 1 is 1.80 bits per heavy atom. The molecule has 0 aliphatic rings. The Kier molecular flexibility index (Phi) is 2.83. The van der Waals surface area contributed by atoms with Gasteiger partial charge in [-0.3, -0.25) is 0 Å². The Labute approximate surface area is 65.3 Å². The molecule has 1 aromatic heterocycles. The van der Waals surface area contributed by atoms with E-state index in [1.54, 1.807) is 11.3 Å². The average Bonchev–Trinajstić information content (AvgIpc) is 2.38. The second kappa shape index (κ2) is 3.68. The van der Waals surface area contributed by atoms with E-state index < -0.39 is 0 Å². The van der Waals surface area contributed by atoms with Crippen LogP contribution in [0.2, 0.25) is 0 Å². The molecule has 1 heterocycles. The van der Waals surface area contributed by atoms with Gasteiger partial charge in [0.15, 0.2) is 0 Å². The van der Waals surface area contributed by atoms with Crippen molar-refractivity contribution in [3.05, 3.63) is 16.6 Å². The summed E-state index contributed by atoms with van der Waals surface area (Å²) in [6, 6.07) is 0. The largest absolute Gasteiger partial charge is 0.319 e. The van der Waals surface area contributed by atoms with Crippen molar-refractivity contribution in [2.75, 3.05) is 13.6 Å². The molecule has 0 radical (unpaired) electrons. The predicted molar refractivity (Wildman–Crippen MR) is 44.5 cm³/mol. The number of likely N-dealkylation sites (N-methyl/N-ethyl adjacent to an activating group) is 1. The highest BCUT2D eigenvalue weighted by Gasteiger charge is 2.04. The predicted octanol–water partition coefficient (Wildman–Crippen LogP) is 1.47. The Morgan fingerprint density at radius 3 is 3.10 bits per heavy atom. The highest BCUT2D eigenvalue weighted by molar-refractivity contribution is 7.09. The molecule has 0 aliphatic heterocycles. The van der Waals surface area contributed by atoms with E-state index in [9.17, 15) is 0 Å². The van der Waals surface area contributed by atoms with E-state index in [1.165, 1.54) is 5.01 Å². The van der Waals surface area contributed by atoms with Crippen LogP contribution in [0.1, 0.15) is 17.8 Å². The second-order valence-corrected chi connectivity index (χ2v) is 3.26. The summed E-state index contributed by atoms with van der Waals surface area (Å²) in [7, 11) is 1.96. The van der Waals surface area contributed by atoms with Crippen molar-refractivity contribution in [1.29, 1.82) is 0 Å². The lowest BCUT2D eigenvalue weighted by Gasteiger charge is -2.04. The lowest BCUT2D eigenvalue weighted by atomic mass is 10.2. The van der Waals surface area contributed by atoms with Crippen molar-refractivity contribution in [3.63, 3.8) is 0 Å². The summed E-state index contributed by atoms with van der Waals surface area (Å²) >= 11 is 1.72. The van der Waals surface area contributed by atoms with Gasteiger partial charge in [-0.15, -0.1) is 11.3 Å². The van der Waals surface area contributed by atoms with E-state index in [0.717, 1.165) is 6.54 Å². The molecular formula is C7H12N2S. The van der Waals surface area contributed by atoms with Crippen molar-refractivity contribution in [1.82, 2.24) is 10.3 Å². The summed E-state index contributed by atoms with van der Waals surface area (Å²) in [6.07, 6.45) is 1.85. The van der Waals surface area contributed by atoms with E-state index in [2.05, 4.69) is 17.2 Å². The summed E-state index contributed by atoms with van der Waals surface area (Å²) in [6.45, 7) is 3.18. The van der Waals surface area contributed by atoms with Crippen LogP contribution in [-0.4, -0.2) is 18.6 Å². The third-order valence-corrected chi connectivity index (χ3v) is 2.39. The fraction of sp³-hybridized carbons (Fsp3) is 0.571. The van der Waals surface area contributed by atoms with Crippen LogP contribution in [0, 0.1) is 0 Å². The number of nitrogens with zero attached hydrogens (tertiary/aromatic N) is 1. The second-order valence-electron chi connectivity index (χ2n) is 2.33. The summed E-state index contributed by atoms with van der Waals surface area (Å²) < 4.78 is 0. The maximum atomic E-state index is 4.21. The zero-order chi connectivity index (χ0) is 7.40. The molecule has 56 valence electrons. The number of aromatic nitrogens is 1. The van der Waals surface area contributed by atoms with Crippen LogP contribution in [0.5, 0.6) is 0 Å². The minimum Gasteiger partial charge on any atom is -0.319 e. The van der Waals surface area contributed by atoms with Gasteiger partial charge in [0, 0.05) is 24.0 Å². The molecule has 0 amide bonds. The summed E-state index contributed by atoms with van der Waals surface area (Å²) in [5, 5.41) is 6.35. The van der Waals surface area contributed by atoms with Gasteiger partial charge in [-0.2, -0.15) is 0 Å². The first-order valence-corrected chi connectivity index (χ1v) is 4.26. The van der Waals surface area contributed by atoms with Crippen molar-refractivity contribution >= 4 is 11.3 Å². The molecule has 2 nitrogen and oxygen atoms in total. The summed E-state index contributed by atoms with van der Waals surface area (Å²) in [5.41, 5.74) is 0. The molecule has 1 N–H and O–H groups in total. The molecule has 0 saturated carbocycles. The van der Waals surface area contributed by atoms with Crippen molar-refractivity contribution in [2.24, 2.45) is 0 Å². The molecule has 1 rings (SSSR count). The van der Waals surface area contributed by atoms with Gasteiger partial charge in [0.25, 0.3) is 0 Å². The van der Waals surface area contributed by atoms with Gasteiger partial charge in [-0.1, -0.05) is 6.92 Å². The maximum Gasteiger partial charge on any atom is 0.0965 e. The van der Waals surface area contributed by atoms with Gasteiger partial charge in [-0.25, -0.2) is 4.98 Å². The molecule has 1 aromatic rings. The zero-order valence-corrected chi connectivity index (χ0v) is 7.11. The Hall–Kier alpha value is -0.410. The van der Waals surface area contributed by atoms with E-state index in [4.69, 9.17) is 0 Å². The number of rotatable bonds is 3. The van der Waals surface area contributed by atoms with Gasteiger partial charge in [0.05, 0.1) is 5.01 Å². The Balaban J connectivity index is 2.50. The third-order valence-electron chi connectivity index (χ3n) is 1.38. The number of thiazole rings is 1. The van der Waals surface area contributed by atoms with Crippen molar-refractivity contribution in [3.8, 4) is 0 Å². The lowest BCUT2D eigenvalue weighted by molar-refractivity contribution is 0.674. The average molecular weight is 156 g/mol. The van der Waals surface area contributed by atoms with E-state index in [-0.39, 0.29) is 0 Å². The molecule has 1 unspecified atom stereocenters. The quantitative estimate of drug-likeness (QED) is 0.716. The summed E-state index contributed by atoms with van der Waals surface area (Å²) in [5.74, 6) is 0.546. The van der Waals surface area contributed by atoms with Gasteiger partial charge >= 0.3 is 0 Å². The first-order chi connectivity index (χ1) is 4.84. The van der Waals surface area contributed by atoms with Crippen LogP contribution < -0.4 is 5.32 Å². The van der Waals surface area contributed by atoms with E-state index in [0.29, 0.717) is 5.92 Å². The van der Waals surface area contributed by atoms with Crippen LogP contribution in [0.3, 0.4) is 0 Å². The Morgan fingerprint density at radius 2 is 2.60 bits per heavy atom. The molecule has 0 saturated heterocycles. The lowest BCUT2D eigenvalue weighted by Crippen LogP contribution is -2.14. The van der Waals surface area contributed by atoms with Crippen LogP contribution in [0.15, 0.2) is 11.6 Å². The molecule has 0 aromatic carbocycles. The molecule has 0 bridgehead atoms. The molecule has 0 fully saturated rings. The van der Waals surface area contributed by atoms with E-state index >= 15 is 0 Å². The molecule has 3 heteroatoms. The maximum absolute atomic E-state index is 4.21. The van der Waals surface area contributed by atoms with Crippen molar-refractivity contribution < 1.29 is 0 Å². The molecular weight excluding hydrogens is 144 g/mol. The fourth-order valence-electron chi connectivity index (χ4n) is 0.871. The number of hydrogen-bond acceptors (Lipinski definition) is 3. The van der Waals surface area contributed by atoms with Gasteiger partial charge in [0.1, 0.15) is 0 Å². The molecule has 0 spiro atoms. The normalized spacial score (nSPS) is 13.4. The fourth-order valence-corrected chi connectivity index (χ4v) is 1.57.